The molecule has 2 unspecified atom stereocenters. The average molecular weight is 367 g/mol. The van der Waals surface area contributed by atoms with Gasteiger partial charge in [0.25, 0.3) is 5.91 Å². The number of nitrogens with one attached hydrogen (secondary N) is 1. The standard InChI is InChI=1S/C21H19F2N3O/c22-13-9-16-14(17(23)10-13)4-6-20-15(16)2-1-7-26(20)21(27)12-3-5-18-19(8-12)25-11-24-18/h3,5,8-11,15,20H,1-2,4,6-7H2,(H,24,25). The highest BCUT2D eigenvalue weighted by Crippen LogP contribution is 2.42. The van der Waals surface area contributed by atoms with Crippen LogP contribution in [-0.2, 0) is 6.42 Å². The normalized spacial score (nSPS) is 21.8. The van der Waals surface area contributed by atoms with Crippen LogP contribution in [0.5, 0.6) is 0 Å². The lowest BCUT2D eigenvalue weighted by Gasteiger charge is -2.45. The van der Waals surface area contributed by atoms with Crippen LogP contribution in [0.4, 0.5) is 8.78 Å². The van der Waals surface area contributed by atoms with Crippen molar-refractivity contribution in [1.82, 2.24) is 14.9 Å². The van der Waals surface area contributed by atoms with Gasteiger partial charge < -0.3 is 9.88 Å². The SMILES string of the molecule is O=C(c1ccc2nc[nH]c2c1)N1CCCC2c3cc(F)cc(F)c3CCC21. The Hall–Kier alpha value is -2.76. The fourth-order valence-electron chi connectivity index (χ4n) is 4.77. The van der Waals surface area contributed by atoms with Crippen molar-refractivity contribution in [1.29, 1.82) is 0 Å². The summed E-state index contributed by atoms with van der Waals surface area (Å²) in [6.45, 7) is 0.675. The van der Waals surface area contributed by atoms with E-state index in [0.717, 1.165) is 35.5 Å². The third kappa shape index (κ3) is 2.62. The summed E-state index contributed by atoms with van der Waals surface area (Å²) in [4.78, 5) is 22.3. The number of aromatic nitrogens is 2. The highest BCUT2D eigenvalue weighted by Gasteiger charge is 2.39. The van der Waals surface area contributed by atoms with Crippen LogP contribution in [0, 0.1) is 11.6 Å². The largest absolute Gasteiger partial charge is 0.345 e. The van der Waals surface area contributed by atoms with Crippen LogP contribution in [0.2, 0.25) is 0 Å². The molecular weight excluding hydrogens is 348 g/mol. The van der Waals surface area contributed by atoms with Crippen molar-refractivity contribution < 1.29 is 13.6 Å². The topological polar surface area (TPSA) is 49.0 Å². The summed E-state index contributed by atoms with van der Waals surface area (Å²) in [5.74, 6) is -1.04. The fourth-order valence-corrected chi connectivity index (χ4v) is 4.77. The molecule has 0 saturated carbocycles. The van der Waals surface area contributed by atoms with Gasteiger partial charge in [0.1, 0.15) is 11.6 Å². The Bertz CT molecular complexity index is 1050. The summed E-state index contributed by atoms with van der Waals surface area (Å²) in [5, 5.41) is 0. The molecule has 1 aromatic heterocycles. The van der Waals surface area contributed by atoms with E-state index in [4.69, 9.17) is 0 Å². The first kappa shape index (κ1) is 16.4. The van der Waals surface area contributed by atoms with E-state index in [1.165, 1.54) is 6.07 Å². The van der Waals surface area contributed by atoms with Crippen molar-refractivity contribution in [3.05, 3.63) is 65.0 Å². The molecule has 4 nitrogen and oxygen atoms in total. The van der Waals surface area contributed by atoms with E-state index in [0.29, 0.717) is 30.5 Å². The first-order chi connectivity index (χ1) is 13.1. The molecule has 2 heterocycles. The molecule has 1 amide bonds. The number of benzene rings is 2. The maximum absolute atomic E-state index is 14.2. The zero-order valence-corrected chi connectivity index (χ0v) is 14.7. The molecule has 1 fully saturated rings. The molecule has 138 valence electrons. The Morgan fingerprint density at radius 3 is 2.96 bits per heavy atom. The summed E-state index contributed by atoms with van der Waals surface area (Å²) in [6.07, 6.45) is 4.53. The number of aromatic amines is 1. The summed E-state index contributed by atoms with van der Waals surface area (Å²) < 4.78 is 28.0. The van der Waals surface area contributed by atoms with Crippen LogP contribution in [-0.4, -0.2) is 33.4 Å². The highest BCUT2D eigenvalue weighted by molar-refractivity contribution is 5.97. The van der Waals surface area contributed by atoms with Crippen molar-refractivity contribution in [2.75, 3.05) is 6.54 Å². The molecule has 0 spiro atoms. The zero-order chi connectivity index (χ0) is 18.5. The summed E-state index contributed by atoms with van der Waals surface area (Å²) >= 11 is 0. The van der Waals surface area contributed by atoms with Gasteiger partial charge in [-0.3, -0.25) is 4.79 Å². The van der Waals surface area contributed by atoms with Gasteiger partial charge in [-0.2, -0.15) is 0 Å². The van der Waals surface area contributed by atoms with E-state index in [1.807, 2.05) is 17.0 Å². The highest BCUT2D eigenvalue weighted by atomic mass is 19.1. The van der Waals surface area contributed by atoms with Crippen LogP contribution in [0.15, 0.2) is 36.7 Å². The van der Waals surface area contributed by atoms with Crippen molar-refractivity contribution in [2.24, 2.45) is 0 Å². The molecule has 2 atom stereocenters. The minimum absolute atomic E-state index is 0.00691. The summed E-state index contributed by atoms with van der Waals surface area (Å²) in [6, 6.07) is 7.86. The van der Waals surface area contributed by atoms with Gasteiger partial charge in [0.2, 0.25) is 0 Å². The molecule has 2 aromatic carbocycles. The molecule has 1 aliphatic carbocycles. The number of H-pyrrole nitrogens is 1. The number of nitrogens with zero attached hydrogens (tertiary/aromatic N) is 2. The Morgan fingerprint density at radius 2 is 2.07 bits per heavy atom. The number of carbonyl (C=O) groups is 1. The Kier molecular flexibility index (Phi) is 3.74. The van der Waals surface area contributed by atoms with E-state index < -0.39 is 11.6 Å². The molecule has 3 aromatic rings. The monoisotopic (exact) mass is 367 g/mol. The van der Waals surface area contributed by atoms with Crippen LogP contribution < -0.4 is 0 Å². The molecule has 6 heteroatoms. The van der Waals surface area contributed by atoms with Crippen molar-refractivity contribution >= 4 is 16.9 Å². The smallest absolute Gasteiger partial charge is 0.254 e. The second-order valence-corrected chi connectivity index (χ2v) is 7.44. The molecule has 5 rings (SSSR count). The van der Waals surface area contributed by atoms with E-state index in [-0.39, 0.29) is 17.9 Å². The number of rotatable bonds is 1. The van der Waals surface area contributed by atoms with Crippen molar-refractivity contribution in [2.45, 2.75) is 37.6 Å². The van der Waals surface area contributed by atoms with E-state index in [9.17, 15) is 13.6 Å². The fraction of sp³-hybridized carbons (Fsp3) is 0.333. The molecule has 1 aliphatic heterocycles. The first-order valence-electron chi connectivity index (χ1n) is 9.34. The van der Waals surface area contributed by atoms with Gasteiger partial charge in [-0.1, -0.05) is 0 Å². The molecule has 0 radical (unpaired) electrons. The lowest BCUT2D eigenvalue weighted by Crippen LogP contribution is -2.49. The third-order valence-corrected chi connectivity index (χ3v) is 5.99. The summed E-state index contributed by atoms with van der Waals surface area (Å²) in [7, 11) is 0. The minimum Gasteiger partial charge on any atom is -0.345 e. The predicted octanol–water partition coefficient (Wildman–Crippen LogP) is 4.18. The molecule has 2 aliphatic rings. The molecule has 27 heavy (non-hydrogen) atoms. The van der Waals surface area contributed by atoms with Gasteiger partial charge in [-0.15, -0.1) is 0 Å². The number of piperidine rings is 1. The van der Waals surface area contributed by atoms with Gasteiger partial charge in [0.05, 0.1) is 17.4 Å². The third-order valence-electron chi connectivity index (χ3n) is 5.99. The second kappa shape index (κ2) is 6.15. The number of fused-ring (bicyclic) bond motifs is 4. The summed E-state index contributed by atoms with van der Waals surface area (Å²) in [5.41, 5.74) is 3.62. The minimum atomic E-state index is -0.542. The van der Waals surface area contributed by atoms with Gasteiger partial charge in [-0.05, 0) is 61.1 Å². The molecular formula is C21H19F2N3O. The molecule has 1 N–H and O–H groups in total. The predicted molar refractivity (Wildman–Crippen MR) is 97.6 cm³/mol. The lowest BCUT2D eigenvalue weighted by molar-refractivity contribution is 0.0545. The lowest BCUT2D eigenvalue weighted by atomic mass is 9.74. The van der Waals surface area contributed by atoms with E-state index in [2.05, 4.69) is 9.97 Å². The molecule has 1 saturated heterocycles. The number of imidazole rings is 1. The van der Waals surface area contributed by atoms with Crippen LogP contribution in [0.1, 0.15) is 46.7 Å². The molecule has 0 bridgehead atoms. The second-order valence-electron chi connectivity index (χ2n) is 7.44. The maximum Gasteiger partial charge on any atom is 0.254 e. The van der Waals surface area contributed by atoms with Gasteiger partial charge in [-0.25, -0.2) is 13.8 Å². The Morgan fingerprint density at radius 1 is 1.19 bits per heavy atom. The van der Waals surface area contributed by atoms with Gasteiger partial charge in [0.15, 0.2) is 0 Å². The van der Waals surface area contributed by atoms with Crippen LogP contribution in [0.25, 0.3) is 11.0 Å². The van der Waals surface area contributed by atoms with Crippen LogP contribution >= 0.6 is 0 Å². The van der Waals surface area contributed by atoms with Crippen LogP contribution in [0.3, 0.4) is 0 Å². The van der Waals surface area contributed by atoms with E-state index in [1.54, 1.807) is 12.4 Å². The Labute approximate surface area is 155 Å². The maximum atomic E-state index is 14.2. The number of hydrogen-bond acceptors (Lipinski definition) is 2. The number of halogens is 2. The zero-order valence-electron chi connectivity index (χ0n) is 14.7. The number of hydrogen-bond donors (Lipinski definition) is 1. The number of likely N-dealkylation sites (tertiary alicyclic amines) is 1. The van der Waals surface area contributed by atoms with E-state index >= 15 is 0 Å². The van der Waals surface area contributed by atoms with Crippen molar-refractivity contribution in [3.8, 4) is 0 Å². The van der Waals surface area contributed by atoms with Crippen molar-refractivity contribution in [3.63, 3.8) is 0 Å². The number of carbonyl (C=O) groups excluding carboxylic acids is 1. The van der Waals surface area contributed by atoms with Gasteiger partial charge >= 0.3 is 0 Å². The number of amides is 1. The first-order valence-corrected chi connectivity index (χ1v) is 9.34. The quantitative estimate of drug-likeness (QED) is 0.702. The van der Waals surface area contributed by atoms with Gasteiger partial charge in [0, 0.05) is 30.1 Å². The Balaban J connectivity index is 1.50. The average Bonchev–Trinajstić information content (AvgIpc) is 3.14.